The second-order valence-corrected chi connectivity index (χ2v) is 8.89. The largest absolute Gasteiger partial charge is 0.497 e. The van der Waals surface area contributed by atoms with Crippen molar-refractivity contribution in [2.75, 3.05) is 30.4 Å². The first-order chi connectivity index (χ1) is 14.3. The van der Waals surface area contributed by atoms with E-state index >= 15 is 0 Å². The third-order valence-corrected chi connectivity index (χ3v) is 6.82. The minimum absolute atomic E-state index is 0.0324. The van der Waals surface area contributed by atoms with Gasteiger partial charge in [-0.15, -0.1) is 0 Å². The van der Waals surface area contributed by atoms with Gasteiger partial charge in [-0.05, 0) is 54.6 Å². The molecule has 0 aliphatic rings. The van der Waals surface area contributed by atoms with Crippen LogP contribution in [0.3, 0.4) is 0 Å². The highest BCUT2D eigenvalue weighted by molar-refractivity contribution is 7.92. The number of sulfonamides is 1. The van der Waals surface area contributed by atoms with Gasteiger partial charge in [0.2, 0.25) is 0 Å². The first-order valence-electron chi connectivity index (χ1n) is 9.01. The van der Waals surface area contributed by atoms with Crippen molar-refractivity contribution in [3.63, 3.8) is 0 Å². The molecule has 0 aromatic heterocycles. The molecule has 3 rings (SSSR count). The summed E-state index contributed by atoms with van der Waals surface area (Å²) in [6.45, 7) is 0. The first kappa shape index (κ1) is 21.7. The Morgan fingerprint density at radius 3 is 2.13 bits per heavy atom. The molecule has 0 bridgehead atoms. The van der Waals surface area contributed by atoms with E-state index in [0.29, 0.717) is 17.1 Å². The van der Waals surface area contributed by atoms with Crippen LogP contribution in [0.5, 0.6) is 5.75 Å². The number of para-hydroxylation sites is 1. The van der Waals surface area contributed by atoms with Crippen LogP contribution in [0.25, 0.3) is 0 Å². The Bertz CT molecular complexity index is 1150. The van der Waals surface area contributed by atoms with E-state index in [1.165, 1.54) is 37.3 Å². The summed E-state index contributed by atoms with van der Waals surface area (Å²) in [5.41, 5.74) is 1.23. The van der Waals surface area contributed by atoms with Crippen molar-refractivity contribution in [1.29, 1.82) is 0 Å². The van der Waals surface area contributed by atoms with Crippen LogP contribution in [0.2, 0.25) is 5.02 Å². The summed E-state index contributed by atoms with van der Waals surface area (Å²) in [6.07, 6.45) is 0. The van der Waals surface area contributed by atoms with Gasteiger partial charge in [-0.2, -0.15) is 0 Å². The molecule has 0 fully saturated rings. The van der Waals surface area contributed by atoms with Crippen molar-refractivity contribution in [1.82, 2.24) is 0 Å². The summed E-state index contributed by atoms with van der Waals surface area (Å²) < 4.78 is 32.5. The summed E-state index contributed by atoms with van der Waals surface area (Å²) in [4.78, 5) is 14.4. The molecule has 0 aliphatic heterocycles. The smallest absolute Gasteiger partial charge is 0.264 e. The minimum Gasteiger partial charge on any atom is -0.497 e. The molecule has 156 valence electrons. The number of benzene rings is 3. The van der Waals surface area contributed by atoms with Gasteiger partial charge in [0.1, 0.15) is 5.75 Å². The standard InChI is InChI=1S/C22H21ClN2O4S/c1-24(16-7-5-4-6-8-16)22(26)20-15-19(13-14-21(20)23)30(27,28)25(2)17-9-11-18(29-3)12-10-17/h4-15H,1-3H3. The molecule has 0 N–H and O–H groups in total. The van der Waals surface area contributed by atoms with E-state index in [-0.39, 0.29) is 15.5 Å². The predicted octanol–water partition coefficient (Wildman–Crippen LogP) is 4.45. The first-order valence-corrected chi connectivity index (χ1v) is 10.8. The predicted molar refractivity (Wildman–Crippen MR) is 119 cm³/mol. The molecule has 1 amide bonds. The van der Waals surface area contributed by atoms with E-state index < -0.39 is 15.9 Å². The summed E-state index contributed by atoms with van der Waals surface area (Å²) in [6, 6.07) is 19.8. The highest BCUT2D eigenvalue weighted by Crippen LogP contribution is 2.28. The summed E-state index contributed by atoms with van der Waals surface area (Å²) in [7, 11) is 0.682. The third kappa shape index (κ3) is 4.27. The van der Waals surface area contributed by atoms with Gasteiger partial charge in [0.15, 0.2) is 0 Å². The van der Waals surface area contributed by atoms with Gasteiger partial charge in [0.05, 0.1) is 28.3 Å². The molecular weight excluding hydrogens is 424 g/mol. The van der Waals surface area contributed by atoms with Crippen molar-refractivity contribution in [3.8, 4) is 5.75 Å². The lowest BCUT2D eigenvalue weighted by Crippen LogP contribution is -2.28. The number of nitrogens with zero attached hydrogens (tertiary/aromatic N) is 2. The molecule has 6 nitrogen and oxygen atoms in total. The summed E-state index contributed by atoms with van der Waals surface area (Å²) >= 11 is 6.23. The topological polar surface area (TPSA) is 66.9 Å². The average molecular weight is 445 g/mol. The van der Waals surface area contributed by atoms with E-state index in [2.05, 4.69) is 0 Å². The number of hydrogen-bond acceptors (Lipinski definition) is 4. The Morgan fingerprint density at radius 1 is 0.900 bits per heavy atom. The molecule has 0 saturated heterocycles. The summed E-state index contributed by atoms with van der Waals surface area (Å²) in [5, 5.41) is 0.175. The van der Waals surface area contributed by atoms with Crippen LogP contribution >= 0.6 is 11.6 Å². The molecule has 0 spiro atoms. The van der Waals surface area contributed by atoms with Crippen LogP contribution in [-0.4, -0.2) is 35.5 Å². The Labute approximate surface area is 181 Å². The Kier molecular flexibility index (Phi) is 6.34. The molecule has 0 heterocycles. The third-order valence-electron chi connectivity index (χ3n) is 4.71. The fourth-order valence-corrected chi connectivity index (χ4v) is 4.29. The van der Waals surface area contributed by atoms with Crippen LogP contribution in [0.4, 0.5) is 11.4 Å². The number of amides is 1. The van der Waals surface area contributed by atoms with Crippen LogP contribution in [0, 0.1) is 0 Å². The normalized spacial score (nSPS) is 11.1. The second kappa shape index (κ2) is 8.77. The molecule has 0 radical (unpaired) electrons. The molecule has 0 saturated carbocycles. The van der Waals surface area contributed by atoms with E-state index in [0.717, 1.165) is 4.31 Å². The zero-order chi connectivity index (χ0) is 21.9. The van der Waals surface area contributed by atoms with Crippen molar-refractivity contribution in [2.45, 2.75) is 4.90 Å². The van der Waals surface area contributed by atoms with Gasteiger partial charge in [-0.3, -0.25) is 9.10 Å². The van der Waals surface area contributed by atoms with E-state index in [1.54, 1.807) is 43.4 Å². The maximum absolute atomic E-state index is 13.1. The van der Waals surface area contributed by atoms with Crippen LogP contribution in [0.15, 0.2) is 77.7 Å². The Morgan fingerprint density at radius 2 is 1.53 bits per heavy atom. The lowest BCUT2D eigenvalue weighted by molar-refractivity contribution is 0.0993. The molecule has 30 heavy (non-hydrogen) atoms. The maximum Gasteiger partial charge on any atom is 0.264 e. The van der Waals surface area contributed by atoms with Crippen molar-refractivity contribution >= 4 is 38.9 Å². The highest BCUT2D eigenvalue weighted by Gasteiger charge is 2.25. The number of methoxy groups -OCH3 is 1. The number of rotatable bonds is 6. The fourth-order valence-electron chi connectivity index (χ4n) is 2.87. The Balaban J connectivity index is 1.95. The minimum atomic E-state index is -3.91. The SMILES string of the molecule is COc1ccc(N(C)S(=O)(=O)c2ccc(Cl)c(C(=O)N(C)c3ccccc3)c2)cc1. The molecule has 0 aliphatic carbocycles. The fraction of sp³-hybridized carbons (Fsp3) is 0.136. The number of carbonyl (C=O) groups is 1. The lowest BCUT2D eigenvalue weighted by Gasteiger charge is -2.21. The molecule has 3 aromatic rings. The van der Waals surface area contributed by atoms with Crippen LogP contribution in [-0.2, 0) is 10.0 Å². The van der Waals surface area contributed by atoms with Crippen molar-refractivity contribution < 1.29 is 17.9 Å². The van der Waals surface area contributed by atoms with Crippen LogP contribution in [0.1, 0.15) is 10.4 Å². The van der Waals surface area contributed by atoms with E-state index in [4.69, 9.17) is 16.3 Å². The monoisotopic (exact) mass is 444 g/mol. The molecular formula is C22H21ClN2O4S. The lowest BCUT2D eigenvalue weighted by atomic mass is 10.2. The summed E-state index contributed by atoms with van der Waals surface area (Å²) in [5.74, 6) is 0.211. The average Bonchev–Trinajstić information content (AvgIpc) is 2.78. The molecule has 0 unspecified atom stereocenters. The second-order valence-electron chi connectivity index (χ2n) is 6.51. The number of anilines is 2. The zero-order valence-electron chi connectivity index (χ0n) is 16.7. The van der Waals surface area contributed by atoms with E-state index in [1.807, 2.05) is 18.2 Å². The van der Waals surface area contributed by atoms with Gasteiger partial charge in [-0.1, -0.05) is 29.8 Å². The maximum atomic E-state index is 13.1. The Hall–Kier alpha value is -3.03. The van der Waals surface area contributed by atoms with Crippen molar-refractivity contribution in [3.05, 3.63) is 83.4 Å². The highest BCUT2D eigenvalue weighted by atomic mass is 35.5. The number of halogens is 1. The number of carbonyl (C=O) groups excluding carboxylic acids is 1. The number of ether oxygens (including phenoxy) is 1. The van der Waals surface area contributed by atoms with Crippen molar-refractivity contribution in [2.24, 2.45) is 0 Å². The number of hydrogen-bond donors (Lipinski definition) is 0. The van der Waals surface area contributed by atoms with Gasteiger partial charge >= 0.3 is 0 Å². The van der Waals surface area contributed by atoms with Gasteiger partial charge in [0.25, 0.3) is 15.9 Å². The quantitative estimate of drug-likeness (QED) is 0.563. The molecule has 0 atom stereocenters. The van der Waals surface area contributed by atoms with Crippen LogP contribution < -0.4 is 13.9 Å². The van der Waals surface area contributed by atoms with Gasteiger partial charge in [-0.25, -0.2) is 8.42 Å². The van der Waals surface area contributed by atoms with Gasteiger partial charge in [0, 0.05) is 19.8 Å². The molecule has 3 aromatic carbocycles. The molecule has 8 heteroatoms. The van der Waals surface area contributed by atoms with E-state index in [9.17, 15) is 13.2 Å². The zero-order valence-corrected chi connectivity index (χ0v) is 18.3. The van der Waals surface area contributed by atoms with Gasteiger partial charge < -0.3 is 9.64 Å².